The second kappa shape index (κ2) is 8.27. The topological polar surface area (TPSA) is 136 Å². The summed E-state index contributed by atoms with van der Waals surface area (Å²) in [6.07, 6.45) is 0.467. The molecule has 25 heavy (non-hydrogen) atoms. The molecular formula is C18H20N2O5. The van der Waals surface area contributed by atoms with E-state index in [0.717, 1.165) is 11.1 Å². The van der Waals surface area contributed by atoms with Crippen molar-refractivity contribution in [3.05, 3.63) is 59.7 Å². The summed E-state index contributed by atoms with van der Waals surface area (Å²) in [6.45, 7) is 0. The van der Waals surface area contributed by atoms with Gasteiger partial charge in [0.2, 0.25) is 0 Å². The summed E-state index contributed by atoms with van der Waals surface area (Å²) in [6, 6.07) is 11.0. The fourth-order valence-corrected chi connectivity index (χ4v) is 2.20. The Morgan fingerprint density at radius 3 is 1.88 bits per heavy atom. The van der Waals surface area contributed by atoms with Crippen LogP contribution in [-0.4, -0.2) is 34.2 Å². The average Bonchev–Trinajstić information content (AvgIpc) is 2.58. The van der Waals surface area contributed by atoms with E-state index in [4.69, 9.17) is 21.3 Å². The van der Waals surface area contributed by atoms with Crippen LogP contribution in [0.1, 0.15) is 11.1 Å². The van der Waals surface area contributed by atoms with Crippen LogP contribution in [0.3, 0.4) is 0 Å². The highest BCUT2D eigenvalue weighted by Crippen LogP contribution is 2.15. The Balaban J connectivity index is 1.91. The normalized spacial score (nSPS) is 13.0. The number of carboxylic acids is 1. The van der Waals surface area contributed by atoms with Crippen molar-refractivity contribution in [2.24, 2.45) is 11.5 Å². The van der Waals surface area contributed by atoms with Crippen LogP contribution in [0.4, 0.5) is 0 Å². The standard InChI is InChI=1S/C18H20N2O5/c19-15(17(22)23)9-12-3-7-14(8-4-12)25-18(24)16(20)10-11-1-5-13(21)6-2-11/h1-8,15-16,21H,9-10,19-20H2,(H,22,23)/t15?,16-/m1/s1. The number of aliphatic carboxylic acids is 1. The first-order valence-electron chi connectivity index (χ1n) is 7.67. The number of carbonyl (C=O) groups is 2. The fraction of sp³-hybridized carbons (Fsp3) is 0.222. The van der Waals surface area contributed by atoms with Gasteiger partial charge in [-0.05, 0) is 48.2 Å². The summed E-state index contributed by atoms with van der Waals surface area (Å²) in [5.41, 5.74) is 12.8. The number of phenolic OH excluding ortho intramolecular Hbond substituents is 1. The Morgan fingerprint density at radius 2 is 1.36 bits per heavy atom. The number of esters is 1. The van der Waals surface area contributed by atoms with Crippen LogP contribution < -0.4 is 16.2 Å². The van der Waals surface area contributed by atoms with Gasteiger partial charge in [0.25, 0.3) is 0 Å². The van der Waals surface area contributed by atoms with Gasteiger partial charge in [-0.1, -0.05) is 24.3 Å². The minimum Gasteiger partial charge on any atom is -0.508 e. The molecule has 1 unspecified atom stereocenters. The van der Waals surface area contributed by atoms with Crippen molar-refractivity contribution in [3.63, 3.8) is 0 Å². The molecule has 0 aliphatic carbocycles. The summed E-state index contributed by atoms with van der Waals surface area (Å²) in [7, 11) is 0. The number of carboxylic acid groups (broad SMARTS) is 1. The third-order valence-corrected chi connectivity index (χ3v) is 3.61. The molecule has 0 spiro atoms. The van der Waals surface area contributed by atoms with Gasteiger partial charge in [-0.25, -0.2) is 4.79 Å². The van der Waals surface area contributed by atoms with Crippen LogP contribution in [-0.2, 0) is 22.4 Å². The van der Waals surface area contributed by atoms with E-state index >= 15 is 0 Å². The zero-order chi connectivity index (χ0) is 18.4. The molecule has 2 atom stereocenters. The van der Waals surface area contributed by atoms with Crippen molar-refractivity contribution in [3.8, 4) is 11.5 Å². The first kappa shape index (κ1) is 18.4. The zero-order valence-electron chi connectivity index (χ0n) is 13.5. The molecule has 0 amide bonds. The number of hydrogen-bond acceptors (Lipinski definition) is 6. The van der Waals surface area contributed by atoms with E-state index in [1.54, 1.807) is 36.4 Å². The molecule has 0 saturated heterocycles. The lowest BCUT2D eigenvalue weighted by molar-refractivity contribution is -0.138. The van der Waals surface area contributed by atoms with Crippen LogP contribution in [0, 0.1) is 0 Å². The molecule has 0 bridgehead atoms. The minimum absolute atomic E-state index is 0.141. The fourth-order valence-electron chi connectivity index (χ4n) is 2.20. The van der Waals surface area contributed by atoms with Crippen molar-refractivity contribution in [1.29, 1.82) is 0 Å². The molecule has 2 aromatic rings. The van der Waals surface area contributed by atoms with Crippen LogP contribution in [0.25, 0.3) is 0 Å². The second-order valence-corrected chi connectivity index (χ2v) is 5.69. The Kier molecular flexibility index (Phi) is 6.10. The lowest BCUT2D eigenvalue weighted by atomic mass is 10.1. The number of rotatable bonds is 7. The molecule has 2 rings (SSSR count). The first-order valence-corrected chi connectivity index (χ1v) is 7.67. The molecule has 132 valence electrons. The van der Waals surface area contributed by atoms with Gasteiger partial charge in [0, 0.05) is 0 Å². The highest BCUT2D eigenvalue weighted by atomic mass is 16.5. The van der Waals surface area contributed by atoms with Crippen LogP contribution in [0.15, 0.2) is 48.5 Å². The van der Waals surface area contributed by atoms with Crippen molar-refractivity contribution in [1.82, 2.24) is 0 Å². The maximum atomic E-state index is 12.0. The summed E-state index contributed by atoms with van der Waals surface area (Å²) in [5.74, 6) is -1.19. The molecule has 0 aromatic heterocycles. The van der Waals surface area contributed by atoms with E-state index < -0.39 is 24.0 Å². The first-order chi connectivity index (χ1) is 11.8. The van der Waals surface area contributed by atoms with Gasteiger partial charge < -0.3 is 26.4 Å². The quantitative estimate of drug-likeness (QED) is 0.431. The van der Waals surface area contributed by atoms with E-state index in [1.165, 1.54) is 12.1 Å². The molecule has 0 heterocycles. The summed E-state index contributed by atoms with van der Waals surface area (Å²) in [5, 5.41) is 18.0. The van der Waals surface area contributed by atoms with Crippen molar-refractivity contribution in [2.75, 3.05) is 0 Å². The Hall–Kier alpha value is -2.90. The van der Waals surface area contributed by atoms with Gasteiger partial charge in [0.15, 0.2) is 0 Å². The summed E-state index contributed by atoms with van der Waals surface area (Å²) in [4.78, 5) is 22.8. The number of ether oxygens (including phenoxy) is 1. The van der Waals surface area contributed by atoms with Crippen molar-refractivity contribution >= 4 is 11.9 Å². The molecular weight excluding hydrogens is 324 g/mol. The Bertz CT molecular complexity index is 728. The van der Waals surface area contributed by atoms with Crippen LogP contribution in [0.2, 0.25) is 0 Å². The van der Waals surface area contributed by atoms with Crippen molar-refractivity contribution in [2.45, 2.75) is 24.9 Å². The lowest BCUT2D eigenvalue weighted by Crippen LogP contribution is -2.36. The minimum atomic E-state index is -1.07. The monoisotopic (exact) mass is 344 g/mol. The van der Waals surface area contributed by atoms with Crippen molar-refractivity contribution < 1.29 is 24.5 Å². The Morgan fingerprint density at radius 1 is 0.880 bits per heavy atom. The van der Waals surface area contributed by atoms with E-state index in [0.29, 0.717) is 5.75 Å². The molecule has 0 saturated carbocycles. The lowest BCUT2D eigenvalue weighted by Gasteiger charge is -2.12. The maximum absolute atomic E-state index is 12.0. The highest BCUT2D eigenvalue weighted by molar-refractivity contribution is 5.78. The average molecular weight is 344 g/mol. The molecule has 0 fully saturated rings. The predicted molar refractivity (Wildman–Crippen MR) is 91.2 cm³/mol. The van der Waals surface area contributed by atoms with Crippen LogP contribution in [0.5, 0.6) is 11.5 Å². The van der Waals surface area contributed by atoms with E-state index in [1.807, 2.05) is 0 Å². The van der Waals surface area contributed by atoms with E-state index in [9.17, 15) is 14.7 Å². The number of phenols is 1. The third-order valence-electron chi connectivity index (χ3n) is 3.61. The molecule has 0 radical (unpaired) electrons. The largest absolute Gasteiger partial charge is 0.508 e. The third kappa shape index (κ3) is 5.59. The van der Waals surface area contributed by atoms with Gasteiger partial charge in [0.05, 0.1) is 0 Å². The van der Waals surface area contributed by atoms with E-state index in [2.05, 4.69) is 0 Å². The molecule has 0 aliphatic heterocycles. The molecule has 6 N–H and O–H groups in total. The molecule has 7 nitrogen and oxygen atoms in total. The summed E-state index contributed by atoms with van der Waals surface area (Å²) >= 11 is 0. The SMILES string of the molecule is NC(Cc1ccc(OC(=O)[C@H](N)Cc2ccc(O)cc2)cc1)C(=O)O. The number of benzene rings is 2. The summed E-state index contributed by atoms with van der Waals surface area (Å²) < 4.78 is 5.22. The number of aromatic hydroxyl groups is 1. The van der Waals surface area contributed by atoms with Gasteiger partial charge in [-0.2, -0.15) is 0 Å². The maximum Gasteiger partial charge on any atom is 0.328 e. The number of nitrogens with two attached hydrogens (primary N) is 2. The van der Waals surface area contributed by atoms with Crippen LogP contribution >= 0.6 is 0 Å². The number of hydrogen-bond donors (Lipinski definition) is 4. The van der Waals surface area contributed by atoms with Gasteiger partial charge >= 0.3 is 11.9 Å². The number of carbonyl (C=O) groups excluding carboxylic acids is 1. The molecule has 0 aliphatic rings. The van der Waals surface area contributed by atoms with Gasteiger partial charge in [0.1, 0.15) is 23.6 Å². The van der Waals surface area contributed by atoms with Gasteiger partial charge in [-0.15, -0.1) is 0 Å². The highest BCUT2D eigenvalue weighted by Gasteiger charge is 2.17. The van der Waals surface area contributed by atoms with E-state index in [-0.39, 0.29) is 18.6 Å². The molecule has 7 heteroatoms. The van der Waals surface area contributed by atoms with Gasteiger partial charge in [-0.3, -0.25) is 4.79 Å². The zero-order valence-corrected chi connectivity index (χ0v) is 13.5. The molecule has 2 aromatic carbocycles. The smallest absolute Gasteiger partial charge is 0.328 e. The Labute approximate surface area is 144 Å². The second-order valence-electron chi connectivity index (χ2n) is 5.69. The predicted octanol–water partition coefficient (Wildman–Crippen LogP) is 0.822.